The van der Waals surface area contributed by atoms with Gasteiger partial charge >= 0.3 is 5.97 Å². The Balaban J connectivity index is 2.61. The van der Waals surface area contributed by atoms with Crippen LogP contribution in [0.3, 0.4) is 0 Å². The molecule has 3 nitrogen and oxygen atoms in total. The van der Waals surface area contributed by atoms with E-state index in [0.717, 1.165) is 0 Å². The second kappa shape index (κ2) is 3.50. The van der Waals surface area contributed by atoms with Gasteiger partial charge in [0.2, 0.25) is 0 Å². The second-order valence-electron chi connectivity index (χ2n) is 5.02. The van der Waals surface area contributed by atoms with Crippen LogP contribution in [0.15, 0.2) is 0 Å². The summed E-state index contributed by atoms with van der Waals surface area (Å²) in [7, 11) is 0. The number of hydrogen-bond donors (Lipinski definition) is 1. The molecule has 1 rings (SSSR count). The van der Waals surface area contributed by atoms with Crippen LogP contribution in [0.4, 0.5) is 4.39 Å². The topological polar surface area (TPSA) is 38.3 Å². The van der Waals surface area contributed by atoms with E-state index < -0.39 is 17.3 Å². The minimum Gasteiger partial charge on any atom is -0.459 e. The Hall–Kier alpha value is -0.640. The number of alkyl halides is 1. The Morgan fingerprint density at radius 2 is 2.14 bits per heavy atom. The average Bonchev–Trinajstić information content (AvgIpc) is 2.29. The van der Waals surface area contributed by atoms with Gasteiger partial charge in [0.15, 0.2) is 0 Å². The molecule has 0 saturated carbocycles. The molecule has 1 aliphatic rings. The van der Waals surface area contributed by atoms with Crippen LogP contribution in [0, 0.1) is 0 Å². The Labute approximate surface area is 84.0 Å². The fourth-order valence-electron chi connectivity index (χ4n) is 1.47. The molecule has 0 spiro atoms. The van der Waals surface area contributed by atoms with Gasteiger partial charge in [-0.1, -0.05) is 0 Å². The summed E-state index contributed by atoms with van der Waals surface area (Å²) in [6, 6.07) is 0. The van der Waals surface area contributed by atoms with E-state index in [-0.39, 0.29) is 18.9 Å². The van der Waals surface area contributed by atoms with Crippen LogP contribution in [0.5, 0.6) is 0 Å². The molecule has 2 atom stereocenters. The maximum absolute atomic E-state index is 12.9. The normalized spacial score (nSPS) is 33.1. The third-order valence-corrected chi connectivity index (χ3v) is 2.19. The molecule has 0 aromatic carbocycles. The highest BCUT2D eigenvalue weighted by Gasteiger charge is 2.43. The molecule has 0 aliphatic carbocycles. The lowest BCUT2D eigenvalue weighted by atomic mass is 10.00. The summed E-state index contributed by atoms with van der Waals surface area (Å²) in [4.78, 5) is 11.7. The van der Waals surface area contributed by atoms with E-state index in [1.165, 1.54) is 0 Å². The van der Waals surface area contributed by atoms with Gasteiger partial charge in [-0.2, -0.15) is 0 Å². The number of halogens is 1. The fourth-order valence-corrected chi connectivity index (χ4v) is 1.47. The van der Waals surface area contributed by atoms with E-state index in [9.17, 15) is 9.18 Å². The minimum absolute atomic E-state index is 0.196. The van der Waals surface area contributed by atoms with Crippen molar-refractivity contribution in [3.63, 3.8) is 0 Å². The molecule has 4 heteroatoms. The summed E-state index contributed by atoms with van der Waals surface area (Å²) >= 11 is 0. The van der Waals surface area contributed by atoms with E-state index in [4.69, 9.17) is 4.74 Å². The molecule has 82 valence electrons. The molecule has 0 aromatic heterocycles. The van der Waals surface area contributed by atoms with Gasteiger partial charge in [0.1, 0.15) is 17.3 Å². The van der Waals surface area contributed by atoms with E-state index in [2.05, 4.69) is 5.32 Å². The van der Waals surface area contributed by atoms with Gasteiger partial charge in [0.25, 0.3) is 0 Å². The van der Waals surface area contributed by atoms with Gasteiger partial charge < -0.3 is 4.74 Å². The number of nitrogens with one attached hydrogen (secondary N) is 1. The highest BCUT2D eigenvalue weighted by Crippen LogP contribution is 2.24. The molecule has 0 aromatic rings. The van der Waals surface area contributed by atoms with Crippen LogP contribution in [-0.2, 0) is 9.53 Å². The number of hydrogen-bond acceptors (Lipinski definition) is 3. The van der Waals surface area contributed by atoms with Crippen molar-refractivity contribution in [1.82, 2.24) is 5.32 Å². The van der Waals surface area contributed by atoms with Gasteiger partial charge in [-0.25, -0.2) is 4.39 Å². The van der Waals surface area contributed by atoms with Gasteiger partial charge in [-0.05, 0) is 27.7 Å². The standard InChI is InChI=1S/C10H18FNO2/c1-9(2,3)14-8(13)10(4)5-7(11)6-12-10/h7,12H,5-6H2,1-4H3/t7-,10-/m0/s1. The summed E-state index contributed by atoms with van der Waals surface area (Å²) in [5.41, 5.74) is -1.37. The molecule has 0 radical (unpaired) electrons. The molecule has 0 unspecified atom stereocenters. The third-order valence-electron chi connectivity index (χ3n) is 2.19. The fraction of sp³-hybridized carbons (Fsp3) is 0.900. The number of rotatable bonds is 1. The zero-order chi connectivity index (χ0) is 11.0. The first kappa shape index (κ1) is 11.4. The summed E-state index contributed by atoms with van der Waals surface area (Å²) in [6.45, 7) is 7.32. The van der Waals surface area contributed by atoms with Gasteiger partial charge in [0.05, 0.1) is 0 Å². The second-order valence-corrected chi connectivity index (χ2v) is 5.02. The third kappa shape index (κ3) is 2.67. The van der Waals surface area contributed by atoms with Crippen LogP contribution in [0.1, 0.15) is 34.1 Å². The SMILES string of the molecule is CC(C)(C)OC(=O)[C@]1(C)C[C@H](F)CN1. The summed E-state index contributed by atoms with van der Waals surface area (Å²) < 4.78 is 18.1. The Bertz CT molecular complexity index is 237. The van der Waals surface area contributed by atoms with E-state index >= 15 is 0 Å². The van der Waals surface area contributed by atoms with E-state index in [0.29, 0.717) is 0 Å². The first-order valence-electron chi connectivity index (χ1n) is 4.85. The summed E-state index contributed by atoms with van der Waals surface area (Å²) in [5, 5.41) is 2.86. The lowest BCUT2D eigenvalue weighted by molar-refractivity contribution is -0.162. The predicted octanol–water partition coefficient (Wildman–Crippen LogP) is 1.42. The first-order valence-corrected chi connectivity index (χ1v) is 4.85. The van der Waals surface area contributed by atoms with Crippen molar-refractivity contribution in [2.45, 2.75) is 51.4 Å². The molecule has 0 bridgehead atoms. The van der Waals surface area contributed by atoms with Crippen molar-refractivity contribution in [2.24, 2.45) is 0 Å². The Morgan fingerprint density at radius 1 is 1.57 bits per heavy atom. The molecular weight excluding hydrogens is 185 g/mol. The maximum atomic E-state index is 12.9. The molecule has 1 heterocycles. The van der Waals surface area contributed by atoms with E-state index in [1.807, 2.05) is 0 Å². The van der Waals surface area contributed by atoms with Gasteiger partial charge in [-0.3, -0.25) is 10.1 Å². The van der Waals surface area contributed by atoms with Crippen molar-refractivity contribution >= 4 is 5.97 Å². The molecule has 0 amide bonds. The van der Waals surface area contributed by atoms with Crippen LogP contribution in [0.2, 0.25) is 0 Å². The number of carbonyl (C=O) groups is 1. The zero-order valence-electron chi connectivity index (χ0n) is 9.19. The quantitative estimate of drug-likeness (QED) is 0.655. The summed E-state index contributed by atoms with van der Waals surface area (Å²) in [5.74, 6) is -0.370. The van der Waals surface area contributed by atoms with Crippen molar-refractivity contribution in [3.05, 3.63) is 0 Å². The van der Waals surface area contributed by atoms with Crippen LogP contribution >= 0.6 is 0 Å². The highest BCUT2D eigenvalue weighted by atomic mass is 19.1. The van der Waals surface area contributed by atoms with E-state index in [1.54, 1.807) is 27.7 Å². The lowest BCUT2D eigenvalue weighted by Crippen LogP contribution is -2.48. The minimum atomic E-state index is -0.951. The number of esters is 1. The largest absolute Gasteiger partial charge is 0.459 e. The highest BCUT2D eigenvalue weighted by molar-refractivity contribution is 5.81. The Kier molecular flexibility index (Phi) is 2.86. The van der Waals surface area contributed by atoms with Crippen molar-refractivity contribution in [2.75, 3.05) is 6.54 Å². The van der Waals surface area contributed by atoms with Crippen molar-refractivity contribution in [3.8, 4) is 0 Å². The van der Waals surface area contributed by atoms with Crippen LogP contribution in [0.25, 0.3) is 0 Å². The lowest BCUT2D eigenvalue weighted by Gasteiger charge is -2.28. The molecule has 1 aliphatic heterocycles. The molecule has 1 fully saturated rings. The number of carbonyl (C=O) groups excluding carboxylic acids is 1. The monoisotopic (exact) mass is 203 g/mol. The van der Waals surface area contributed by atoms with Crippen molar-refractivity contribution < 1.29 is 13.9 Å². The van der Waals surface area contributed by atoms with Crippen LogP contribution in [-0.4, -0.2) is 29.8 Å². The average molecular weight is 203 g/mol. The molecular formula is C10H18FNO2. The van der Waals surface area contributed by atoms with Crippen molar-refractivity contribution in [1.29, 1.82) is 0 Å². The number of ether oxygens (including phenoxy) is 1. The van der Waals surface area contributed by atoms with Gasteiger partial charge in [-0.15, -0.1) is 0 Å². The molecule has 14 heavy (non-hydrogen) atoms. The first-order chi connectivity index (χ1) is 6.23. The maximum Gasteiger partial charge on any atom is 0.326 e. The van der Waals surface area contributed by atoms with Crippen LogP contribution < -0.4 is 5.32 Å². The zero-order valence-corrected chi connectivity index (χ0v) is 9.19. The van der Waals surface area contributed by atoms with Gasteiger partial charge in [0, 0.05) is 13.0 Å². The smallest absolute Gasteiger partial charge is 0.326 e. The Morgan fingerprint density at radius 3 is 2.50 bits per heavy atom. The molecule has 1 saturated heterocycles. The summed E-state index contributed by atoms with van der Waals surface area (Å²) in [6.07, 6.45) is -0.755. The predicted molar refractivity (Wildman–Crippen MR) is 51.8 cm³/mol. The molecule has 1 N–H and O–H groups in total.